The predicted molar refractivity (Wildman–Crippen MR) is 96.2 cm³/mol. The van der Waals surface area contributed by atoms with Crippen LogP contribution in [0.1, 0.15) is 5.69 Å². The molecule has 2 aromatic rings. The lowest BCUT2D eigenvalue weighted by molar-refractivity contribution is -0.118. The number of carbonyl (C=O) groups excluding carboxylic acids is 2. The molecular weight excluding hydrogens is 360 g/mol. The number of rotatable bonds is 9. The number of amides is 2. The quantitative estimate of drug-likeness (QED) is 0.544. The van der Waals surface area contributed by atoms with E-state index in [1.165, 1.54) is 25.0 Å². The lowest BCUT2D eigenvalue weighted by atomic mass is 10.2. The van der Waals surface area contributed by atoms with Gasteiger partial charge in [0, 0.05) is 11.8 Å². The average molecular weight is 380 g/mol. The monoisotopic (exact) mass is 380 g/mol. The third kappa shape index (κ3) is 4.90. The van der Waals surface area contributed by atoms with Crippen LogP contribution in [0.3, 0.4) is 0 Å². The van der Waals surface area contributed by atoms with Gasteiger partial charge in [0.1, 0.15) is 6.54 Å². The van der Waals surface area contributed by atoms with Crippen LogP contribution in [-0.4, -0.2) is 46.4 Å². The Kier molecular flexibility index (Phi) is 6.87. The zero-order valence-corrected chi connectivity index (χ0v) is 15.2. The Morgan fingerprint density at radius 2 is 2.04 bits per heavy atom. The maximum absolute atomic E-state index is 12.2. The van der Waals surface area contributed by atoms with Crippen molar-refractivity contribution < 1.29 is 24.2 Å². The molecule has 0 aliphatic rings. The van der Waals surface area contributed by atoms with Crippen molar-refractivity contribution in [3.8, 4) is 11.5 Å². The molecule has 0 radical (unpaired) electrons. The summed E-state index contributed by atoms with van der Waals surface area (Å²) in [5.41, 5.74) is 6.22. The number of aromatic nitrogens is 2. The van der Waals surface area contributed by atoms with E-state index < -0.39 is 5.91 Å². The van der Waals surface area contributed by atoms with Crippen LogP contribution in [0.15, 0.2) is 29.6 Å². The first-order valence-corrected chi connectivity index (χ1v) is 8.55. The van der Waals surface area contributed by atoms with Crippen LogP contribution in [-0.2, 0) is 22.7 Å². The number of hydrogen-bond donors (Lipinski definition) is 3. The minimum absolute atomic E-state index is 0.0645. The molecule has 26 heavy (non-hydrogen) atoms. The number of ether oxygens (including phenoxy) is 2. The van der Waals surface area contributed by atoms with Crippen LogP contribution in [0.5, 0.6) is 11.5 Å². The Balaban J connectivity index is 2.01. The Hall–Kier alpha value is -2.72. The van der Waals surface area contributed by atoms with Gasteiger partial charge in [-0.2, -0.15) is 0 Å². The second-order valence-corrected chi connectivity index (χ2v) is 6.09. The maximum atomic E-state index is 12.2. The number of nitrogens with two attached hydrogens (primary N) is 1. The van der Waals surface area contributed by atoms with Crippen molar-refractivity contribution in [1.82, 2.24) is 9.55 Å². The molecule has 140 valence electrons. The number of benzene rings is 1. The number of aliphatic hydroxyl groups is 1. The normalized spacial score (nSPS) is 10.4. The van der Waals surface area contributed by atoms with Crippen molar-refractivity contribution in [3.63, 3.8) is 0 Å². The first-order chi connectivity index (χ1) is 12.5. The van der Waals surface area contributed by atoms with Crippen molar-refractivity contribution in [2.24, 2.45) is 5.73 Å². The van der Waals surface area contributed by atoms with Gasteiger partial charge in [-0.25, -0.2) is 4.98 Å². The van der Waals surface area contributed by atoms with Crippen LogP contribution in [0.4, 0.5) is 5.69 Å². The summed E-state index contributed by atoms with van der Waals surface area (Å²) in [4.78, 5) is 27.4. The molecule has 0 atom stereocenters. The molecule has 0 spiro atoms. The molecule has 2 rings (SSSR count). The number of nitrogens with zero attached hydrogens (tertiary/aromatic N) is 2. The average Bonchev–Trinajstić information content (AvgIpc) is 3.00. The van der Waals surface area contributed by atoms with E-state index in [1.54, 1.807) is 18.2 Å². The van der Waals surface area contributed by atoms with Crippen molar-refractivity contribution in [1.29, 1.82) is 0 Å². The summed E-state index contributed by atoms with van der Waals surface area (Å²) in [5.74, 6) is 0.304. The fourth-order valence-corrected chi connectivity index (χ4v) is 3.00. The molecule has 0 unspecified atom stereocenters. The maximum Gasteiger partial charge on any atom is 0.237 e. The van der Waals surface area contributed by atoms with Crippen molar-refractivity contribution >= 4 is 29.3 Å². The number of nitrogens with one attached hydrogen (secondary N) is 1. The molecule has 0 saturated heterocycles. The van der Waals surface area contributed by atoms with Gasteiger partial charge in [0.2, 0.25) is 11.8 Å². The van der Waals surface area contributed by atoms with Crippen LogP contribution in [0.25, 0.3) is 0 Å². The van der Waals surface area contributed by atoms with Gasteiger partial charge in [-0.1, -0.05) is 11.8 Å². The van der Waals surface area contributed by atoms with E-state index in [9.17, 15) is 14.7 Å². The SMILES string of the molecule is COc1ccc(NC(=O)CSc2ncc(CO)n2CC(N)=O)cc1OC. The van der Waals surface area contributed by atoms with Crippen LogP contribution in [0, 0.1) is 0 Å². The molecule has 1 aromatic carbocycles. The Labute approximate surface area is 154 Å². The third-order valence-electron chi connectivity index (χ3n) is 3.38. The molecule has 4 N–H and O–H groups in total. The zero-order valence-electron chi connectivity index (χ0n) is 14.4. The highest BCUT2D eigenvalue weighted by Crippen LogP contribution is 2.30. The molecule has 1 heterocycles. The molecule has 0 saturated carbocycles. The van der Waals surface area contributed by atoms with Crippen molar-refractivity contribution in [2.75, 3.05) is 25.3 Å². The molecule has 9 nitrogen and oxygen atoms in total. The van der Waals surface area contributed by atoms with Crippen LogP contribution >= 0.6 is 11.8 Å². The van der Waals surface area contributed by atoms with E-state index >= 15 is 0 Å². The van der Waals surface area contributed by atoms with E-state index in [2.05, 4.69) is 10.3 Å². The van der Waals surface area contributed by atoms with Gasteiger partial charge in [-0.3, -0.25) is 9.59 Å². The van der Waals surface area contributed by atoms with Gasteiger partial charge in [0.25, 0.3) is 0 Å². The van der Waals surface area contributed by atoms with Crippen molar-refractivity contribution in [3.05, 3.63) is 30.1 Å². The number of thioether (sulfide) groups is 1. The number of methoxy groups -OCH3 is 2. The van der Waals surface area contributed by atoms with E-state index in [4.69, 9.17) is 15.2 Å². The summed E-state index contributed by atoms with van der Waals surface area (Å²) in [5, 5.41) is 12.5. The van der Waals surface area contributed by atoms with E-state index in [1.807, 2.05) is 0 Å². The minimum Gasteiger partial charge on any atom is -0.493 e. The van der Waals surface area contributed by atoms with E-state index in [0.717, 1.165) is 11.8 Å². The summed E-state index contributed by atoms with van der Waals surface area (Å²) in [6.07, 6.45) is 1.44. The lowest BCUT2D eigenvalue weighted by Gasteiger charge is -2.11. The highest BCUT2D eigenvalue weighted by molar-refractivity contribution is 7.99. The number of imidazole rings is 1. The summed E-state index contributed by atoms with van der Waals surface area (Å²) in [6.45, 7) is -0.395. The molecule has 2 amide bonds. The Bertz CT molecular complexity index is 793. The predicted octanol–water partition coefficient (Wildman–Crippen LogP) is 0.609. The second-order valence-electron chi connectivity index (χ2n) is 5.15. The van der Waals surface area contributed by atoms with Gasteiger partial charge in [-0.15, -0.1) is 0 Å². The van der Waals surface area contributed by atoms with Gasteiger partial charge in [0.05, 0.1) is 38.5 Å². The van der Waals surface area contributed by atoms with E-state index in [-0.39, 0.29) is 24.8 Å². The van der Waals surface area contributed by atoms with Crippen molar-refractivity contribution in [2.45, 2.75) is 18.3 Å². The summed E-state index contributed by atoms with van der Waals surface area (Å²) in [6, 6.07) is 5.04. The summed E-state index contributed by atoms with van der Waals surface area (Å²) in [7, 11) is 3.04. The number of carbonyl (C=O) groups is 2. The number of hydrogen-bond acceptors (Lipinski definition) is 7. The molecule has 0 aliphatic heterocycles. The molecule has 1 aromatic heterocycles. The van der Waals surface area contributed by atoms with Crippen LogP contribution < -0.4 is 20.5 Å². The zero-order chi connectivity index (χ0) is 19.1. The standard InChI is InChI=1S/C16H20N4O5S/c1-24-12-4-3-10(5-13(12)25-2)19-15(23)9-26-16-18-6-11(8-21)20(16)7-14(17)22/h3-6,21H,7-9H2,1-2H3,(H2,17,22)(H,19,23). The first kappa shape index (κ1) is 19.6. The minimum atomic E-state index is -0.561. The Morgan fingerprint density at radius 3 is 2.65 bits per heavy atom. The van der Waals surface area contributed by atoms with Gasteiger partial charge in [-0.05, 0) is 12.1 Å². The highest BCUT2D eigenvalue weighted by atomic mass is 32.2. The fourth-order valence-electron chi connectivity index (χ4n) is 2.20. The molecule has 0 aliphatic carbocycles. The topological polar surface area (TPSA) is 129 Å². The van der Waals surface area contributed by atoms with Gasteiger partial charge in [0.15, 0.2) is 16.7 Å². The molecule has 0 fully saturated rings. The molecule has 10 heteroatoms. The van der Waals surface area contributed by atoms with E-state index in [0.29, 0.717) is 28.0 Å². The largest absolute Gasteiger partial charge is 0.493 e. The lowest BCUT2D eigenvalue weighted by Crippen LogP contribution is -2.21. The third-order valence-corrected chi connectivity index (χ3v) is 4.37. The summed E-state index contributed by atoms with van der Waals surface area (Å²) >= 11 is 1.14. The first-order valence-electron chi connectivity index (χ1n) is 7.56. The second kappa shape index (κ2) is 9.11. The highest BCUT2D eigenvalue weighted by Gasteiger charge is 2.14. The Morgan fingerprint density at radius 1 is 1.31 bits per heavy atom. The summed E-state index contributed by atoms with van der Waals surface area (Å²) < 4.78 is 11.8. The van der Waals surface area contributed by atoms with Gasteiger partial charge >= 0.3 is 0 Å². The molecular formula is C16H20N4O5S. The number of primary amides is 1. The van der Waals surface area contributed by atoms with Gasteiger partial charge < -0.3 is 30.2 Å². The number of aliphatic hydroxyl groups excluding tert-OH is 1. The fraction of sp³-hybridized carbons (Fsp3) is 0.312. The molecule has 0 bridgehead atoms. The number of anilines is 1. The van der Waals surface area contributed by atoms with Crippen LogP contribution in [0.2, 0.25) is 0 Å². The smallest absolute Gasteiger partial charge is 0.237 e.